The maximum atomic E-state index is 11.7. The Morgan fingerprint density at radius 3 is 2.60 bits per heavy atom. The monoisotopic (exact) mass is 212 g/mol. The first-order valence-electron chi connectivity index (χ1n) is 5.59. The van der Waals surface area contributed by atoms with E-state index < -0.39 is 0 Å². The molecule has 15 heavy (non-hydrogen) atoms. The van der Waals surface area contributed by atoms with Crippen molar-refractivity contribution in [1.82, 2.24) is 4.90 Å². The first-order chi connectivity index (χ1) is 6.99. The Balaban J connectivity index is 3.83. The summed E-state index contributed by atoms with van der Waals surface area (Å²) < 4.78 is 0. The molecule has 0 fully saturated rings. The van der Waals surface area contributed by atoms with Crippen LogP contribution in [0.2, 0.25) is 0 Å². The van der Waals surface area contributed by atoms with E-state index in [1.165, 1.54) is 0 Å². The number of hydrogen-bond donors (Lipinski definition) is 1. The van der Waals surface area contributed by atoms with Crippen LogP contribution >= 0.6 is 0 Å². The summed E-state index contributed by atoms with van der Waals surface area (Å²) in [4.78, 5) is 13.4. The molecule has 0 aromatic carbocycles. The van der Waals surface area contributed by atoms with Crippen molar-refractivity contribution in [2.24, 2.45) is 11.7 Å². The van der Waals surface area contributed by atoms with Crippen LogP contribution in [0.3, 0.4) is 0 Å². The lowest BCUT2D eigenvalue weighted by molar-refractivity contribution is -0.130. The summed E-state index contributed by atoms with van der Waals surface area (Å²) in [6, 6.07) is -0.0284. The van der Waals surface area contributed by atoms with E-state index in [-0.39, 0.29) is 11.9 Å². The van der Waals surface area contributed by atoms with Gasteiger partial charge in [-0.2, -0.15) is 0 Å². The van der Waals surface area contributed by atoms with Crippen molar-refractivity contribution >= 4 is 5.91 Å². The topological polar surface area (TPSA) is 46.3 Å². The van der Waals surface area contributed by atoms with Crippen LogP contribution < -0.4 is 5.73 Å². The van der Waals surface area contributed by atoms with Gasteiger partial charge in [0.05, 0.1) is 0 Å². The van der Waals surface area contributed by atoms with Gasteiger partial charge in [-0.3, -0.25) is 4.79 Å². The predicted octanol–water partition coefficient (Wildman–Crippen LogP) is 1.78. The summed E-state index contributed by atoms with van der Waals surface area (Å²) in [6.45, 7) is 8.51. The fourth-order valence-electron chi connectivity index (χ4n) is 1.19. The molecule has 3 nitrogen and oxygen atoms in total. The second kappa shape index (κ2) is 7.46. The molecule has 0 bridgehead atoms. The molecule has 0 radical (unpaired) electrons. The van der Waals surface area contributed by atoms with Crippen molar-refractivity contribution in [3.8, 4) is 0 Å². The minimum Gasteiger partial charge on any atom is -0.346 e. The standard InChI is InChI=1S/C12H24N2O/c1-5-6-7-8-14(4)12(15)9-11(13)10(2)3/h5,10-11H,1,6-9,13H2,2-4H3. The Hall–Kier alpha value is -0.830. The summed E-state index contributed by atoms with van der Waals surface area (Å²) in [5.74, 6) is 0.496. The van der Waals surface area contributed by atoms with Crippen molar-refractivity contribution in [2.45, 2.75) is 39.2 Å². The van der Waals surface area contributed by atoms with Crippen LogP contribution in [0.25, 0.3) is 0 Å². The third-order valence-corrected chi connectivity index (χ3v) is 2.59. The predicted molar refractivity (Wildman–Crippen MR) is 64.5 cm³/mol. The summed E-state index contributed by atoms with van der Waals surface area (Å²) >= 11 is 0. The second-order valence-electron chi connectivity index (χ2n) is 4.36. The molecular formula is C12H24N2O. The van der Waals surface area contributed by atoms with Crippen molar-refractivity contribution in [3.05, 3.63) is 12.7 Å². The van der Waals surface area contributed by atoms with E-state index in [4.69, 9.17) is 5.73 Å². The van der Waals surface area contributed by atoms with E-state index >= 15 is 0 Å². The average molecular weight is 212 g/mol. The van der Waals surface area contributed by atoms with E-state index in [0.29, 0.717) is 12.3 Å². The molecule has 2 N–H and O–H groups in total. The van der Waals surface area contributed by atoms with Crippen LogP contribution in [0.4, 0.5) is 0 Å². The molecule has 1 unspecified atom stereocenters. The van der Waals surface area contributed by atoms with E-state index in [0.717, 1.165) is 19.4 Å². The molecule has 0 spiro atoms. The van der Waals surface area contributed by atoms with E-state index in [1.807, 2.05) is 27.0 Å². The maximum Gasteiger partial charge on any atom is 0.223 e. The smallest absolute Gasteiger partial charge is 0.223 e. The number of nitrogens with two attached hydrogens (primary N) is 1. The van der Waals surface area contributed by atoms with Crippen LogP contribution in [-0.4, -0.2) is 30.4 Å². The maximum absolute atomic E-state index is 11.7. The summed E-state index contributed by atoms with van der Waals surface area (Å²) in [6.07, 6.45) is 4.25. The minimum atomic E-state index is -0.0284. The quantitative estimate of drug-likeness (QED) is 0.516. The summed E-state index contributed by atoms with van der Waals surface area (Å²) in [5.41, 5.74) is 5.85. The first kappa shape index (κ1) is 14.2. The van der Waals surface area contributed by atoms with Crippen LogP contribution in [0.1, 0.15) is 33.1 Å². The Morgan fingerprint density at radius 2 is 2.13 bits per heavy atom. The molecule has 88 valence electrons. The van der Waals surface area contributed by atoms with Gasteiger partial charge < -0.3 is 10.6 Å². The molecule has 0 heterocycles. The number of unbranched alkanes of at least 4 members (excludes halogenated alkanes) is 1. The zero-order chi connectivity index (χ0) is 11.8. The van der Waals surface area contributed by atoms with Gasteiger partial charge in [0.25, 0.3) is 0 Å². The third kappa shape index (κ3) is 6.28. The normalized spacial score (nSPS) is 12.6. The average Bonchev–Trinajstić information content (AvgIpc) is 2.17. The zero-order valence-electron chi connectivity index (χ0n) is 10.2. The molecule has 1 atom stereocenters. The van der Waals surface area contributed by atoms with Gasteiger partial charge in [-0.1, -0.05) is 19.9 Å². The number of carbonyl (C=O) groups is 1. The van der Waals surface area contributed by atoms with Crippen molar-refractivity contribution in [1.29, 1.82) is 0 Å². The Bertz CT molecular complexity index is 202. The van der Waals surface area contributed by atoms with Crippen LogP contribution in [0.5, 0.6) is 0 Å². The SMILES string of the molecule is C=CCCCN(C)C(=O)CC(N)C(C)C. The molecule has 0 aliphatic carbocycles. The molecule has 0 aliphatic heterocycles. The molecule has 0 saturated carbocycles. The largest absolute Gasteiger partial charge is 0.346 e. The van der Waals surface area contributed by atoms with Gasteiger partial charge in [-0.15, -0.1) is 6.58 Å². The van der Waals surface area contributed by atoms with E-state index in [1.54, 1.807) is 4.90 Å². The van der Waals surface area contributed by atoms with Crippen molar-refractivity contribution in [2.75, 3.05) is 13.6 Å². The van der Waals surface area contributed by atoms with Gasteiger partial charge >= 0.3 is 0 Å². The van der Waals surface area contributed by atoms with Gasteiger partial charge in [0.15, 0.2) is 0 Å². The fourth-order valence-corrected chi connectivity index (χ4v) is 1.19. The third-order valence-electron chi connectivity index (χ3n) is 2.59. The Morgan fingerprint density at radius 1 is 1.53 bits per heavy atom. The highest BCUT2D eigenvalue weighted by Gasteiger charge is 2.15. The molecular weight excluding hydrogens is 188 g/mol. The van der Waals surface area contributed by atoms with Gasteiger partial charge in [0.1, 0.15) is 0 Å². The lowest BCUT2D eigenvalue weighted by Crippen LogP contribution is -2.36. The lowest BCUT2D eigenvalue weighted by atomic mass is 10.0. The Labute approximate surface area is 93.3 Å². The minimum absolute atomic E-state index is 0.0284. The molecule has 0 rings (SSSR count). The number of nitrogens with zero attached hydrogens (tertiary/aromatic N) is 1. The fraction of sp³-hybridized carbons (Fsp3) is 0.750. The number of rotatable bonds is 7. The first-order valence-corrected chi connectivity index (χ1v) is 5.59. The molecule has 0 aliphatic rings. The van der Waals surface area contributed by atoms with Gasteiger partial charge in [0.2, 0.25) is 5.91 Å². The molecule has 0 saturated heterocycles. The Kier molecular flexibility index (Phi) is 7.05. The zero-order valence-corrected chi connectivity index (χ0v) is 10.2. The number of amides is 1. The van der Waals surface area contributed by atoms with Gasteiger partial charge in [0, 0.05) is 26.1 Å². The molecule has 1 amide bonds. The van der Waals surface area contributed by atoms with Crippen LogP contribution in [0.15, 0.2) is 12.7 Å². The number of hydrogen-bond acceptors (Lipinski definition) is 2. The van der Waals surface area contributed by atoms with Crippen molar-refractivity contribution in [3.63, 3.8) is 0 Å². The lowest BCUT2D eigenvalue weighted by Gasteiger charge is -2.21. The van der Waals surface area contributed by atoms with Crippen molar-refractivity contribution < 1.29 is 4.79 Å². The summed E-state index contributed by atoms with van der Waals surface area (Å²) in [7, 11) is 1.83. The highest BCUT2D eigenvalue weighted by molar-refractivity contribution is 5.76. The molecule has 3 heteroatoms. The summed E-state index contributed by atoms with van der Waals surface area (Å²) in [5, 5.41) is 0. The van der Waals surface area contributed by atoms with Gasteiger partial charge in [-0.25, -0.2) is 0 Å². The molecule has 0 aromatic heterocycles. The van der Waals surface area contributed by atoms with E-state index in [2.05, 4.69) is 6.58 Å². The number of allylic oxidation sites excluding steroid dienone is 1. The highest BCUT2D eigenvalue weighted by atomic mass is 16.2. The molecule has 0 aromatic rings. The second-order valence-corrected chi connectivity index (χ2v) is 4.36. The van der Waals surface area contributed by atoms with E-state index in [9.17, 15) is 4.79 Å². The van der Waals surface area contributed by atoms with Crippen LogP contribution in [-0.2, 0) is 4.79 Å². The van der Waals surface area contributed by atoms with Crippen LogP contribution in [0, 0.1) is 5.92 Å². The van der Waals surface area contributed by atoms with Gasteiger partial charge in [-0.05, 0) is 18.8 Å². The highest BCUT2D eigenvalue weighted by Crippen LogP contribution is 2.05. The number of carbonyl (C=O) groups excluding carboxylic acids is 1.